The quantitative estimate of drug-likeness (QED) is 0.886. The maximum atomic E-state index is 13.0. The molecule has 0 spiro atoms. The van der Waals surface area contributed by atoms with Crippen LogP contribution < -0.4 is 10.2 Å². The number of hydrogen-bond donors (Lipinski definition) is 1. The fourth-order valence-corrected chi connectivity index (χ4v) is 2.53. The lowest BCUT2D eigenvalue weighted by atomic mass is 10.1. The van der Waals surface area contributed by atoms with Crippen molar-refractivity contribution in [3.8, 4) is 0 Å². The summed E-state index contributed by atoms with van der Waals surface area (Å²) in [6.07, 6.45) is 0.0878. The van der Waals surface area contributed by atoms with Crippen LogP contribution in [0.15, 0.2) is 48.5 Å². The number of carbonyl (C=O) groups is 2. The van der Waals surface area contributed by atoms with Gasteiger partial charge >= 0.3 is 0 Å². The van der Waals surface area contributed by atoms with Crippen molar-refractivity contribution in [2.75, 3.05) is 10.2 Å². The molecule has 0 saturated carbocycles. The maximum Gasteiger partial charge on any atom is 0.256 e. The Hall–Kier alpha value is -2.69. The van der Waals surface area contributed by atoms with E-state index >= 15 is 0 Å². The van der Waals surface area contributed by atoms with Gasteiger partial charge in [0.25, 0.3) is 5.91 Å². The minimum Gasteiger partial charge on any atom is -0.373 e. The van der Waals surface area contributed by atoms with Crippen LogP contribution in [0.1, 0.15) is 12.0 Å². The zero-order valence-corrected chi connectivity index (χ0v) is 12.0. The van der Waals surface area contributed by atoms with Gasteiger partial charge in [-0.15, -0.1) is 0 Å². The minimum atomic E-state index is -0.598. The van der Waals surface area contributed by atoms with Crippen molar-refractivity contribution in [2.24, 2.45) is 0 Å². The highest BCUT2D eigenvalue weighted by molar-refractivity contribution is 6.23. The standard InChI is InChI=1S/C17H15FN2O2/c1-11-4-2-3-5-14(11)19-15-10-16(21)20(17(15)22)13-8-6-12(18)7-9-13/h2-9,15,19H,10H2,1H3/t15-/m1/s1. The summed E-state index contributed by atoms with van der Waals surface area (Å²) in [5.41, 5.74) is 2.23. The monoisotopic (exact) mass is 298 g/mol. The molecule has 1 aliphatic heterocycles. The third kappa shape index (κ3) is 2.57. The van der Waals surface area contributed by atoms with Crippen molar-refractivity contribution in [1.29, 1.82) is 0 Å². The first-order chi connectivity index (χ1) is 10.6. The molecule has 0 bridgehead atoms. The van der Waals surface area contributed by atoms with Gasteiger partial charge in [0.15, 0.2) is 0 Å². The van der Waals surface area contributed by atoms with Gasteiger partial charge in [0.05, 0.1) is 12.1 Å². The number of amides is 2. The van der Waals surface area contributed by atoms with Crippen LogP contribution in [-0.4, -0.2) is 17.9 Å². The number of para-hydroxylation sites is 1. The van der Waals surface area contributed by atoms with E-state index in [1.807, 2.05) is 31.2 Å². The van der Waals surface area contributed by atoms with Crippen molar-refractivity contribution < 1.29 is 14.0 Å². The van der Waals surface area contributed by atoms with Crippen LogP contribution in [0.2, 0.25) is 0 Å². The van der Waals surface area contributed by atoms with E-state index in [1.54, 1.807) is 0 Å². The Morgan fingerprint density at radius 2 is 1.77 bits per heavy atom. The molecule has 0 aromatic heterocycles. The number of aryl methyl sites for hydroxylation is 1. The molecule has 2 aromatic rings. The molecule has 0 aliphatic carbocycles. The van der Waals surface area contributed by atoms with Gasteiger partial charge in [0.2, 0.25) is 5.91 Å². The highest BCUT2D eigenvalue weighted by atomic mass is 19.1. The second-order valence-corrected chi connectivity index (χ2v) is 5.26. The smallest absolute Gasteiger partial charge is 0.256 e. The van der Waals surface area contributed by atoms with Gasteiger partial charge < -0.3 is 5.32 Å². The Labute approximate surface area is 127 Å². The highest BCUT2D eigenvalue weighted by Gasteiger charge is 2.39. The van der Waals surface area contributed by atoms with Crippen LogP contribution in [0.4, 0.5) is 15.8 Å². The van der Waals surface area contributed by atoms with E-state index in [4.69, 9.17) is 0 Å². The number of nitrogens with one attached hydrogen (secondary N) is 1. The largest absolute Gasteiger partial charge is 0.373 e. The molecule has 1 fully saturated rings. The molecule has 5 heteroatoms. The Kier molecular flexibility index (Phi) is 3.63. The lowest BCUT2D eigenvalue weighted by Crippen LogP contribution is -2.34. The molecule has 22 heavy (non-hydrogen) atoms. The summed E-state index contributed by atoms with van der Waals surface area (Å²) < 4.78 is 13.0. The number of benzene rings is 2. The number of anilines is 2. The first-order valence-electron chi connectivity index (χ1n) is 7.01. The first-order valence-corrected chi connectivity index (χ1v) is 7.01. The van der Waals surface area contributed by atoms with E-state index in [0.717, 1.165) is 16.2 Å². The van der Waals surface area contributed by atoms with Gasteiger partial charge in [-0.3, -0.25) is 9.59 Å². The number of halogens is 1. The molecule has 1 saturated heterocycles. The molecule has 2 aromatic carbocycles. The topological polar surface area (TPSA) is 49.4 Å². The van der Waals surface area contributed by atoms with Crippen molar-refractivity contribution in [3.63, 3.8) is 0 Å². The molecule has 112 valence electrons. The van der Waals surface area contributed by atoms with Crippen LogP contribution in [0.25, 0.3) is 0 Å². The van der Waals surface area contributed by atoms with E-state index in [1.165, 1.54) is 24.3 Å². The predicted octanol–water partition coefficient (Wildman–Crippen LogP) is 2.88. The number of imide groups is 1. The molecule has 0 unspecified atom stereocenters. The van der Waals surface area contributed by atoms with Crippen molar-refractivity contribution >= 4 is 23.2 Å². The highest BCUT2D eigenvalue weighted by Crippen LogP contribution is 2.26. The van der Waals surface area contributed by atoms with E-state index in [9.17, 15) is 14.0 Å². The van der Waals surface area contributed by atoms with Crippen LogP contribution in [0.5, 0.6) is 0 Å². The van der Waals surface area contributed by atoms with Crippen molar-refractivity contribution in [1.82, 2.24) is 0 Å². The van der Waals surface area contributed by atoms with Crippen LogP contribution in [0, 0.1) is 12.7 Å². The molecule has 1 aliphatic rings. The predicted molar refractivity (Wildman–Crippen MR) is 82.1 cm³/mol. The summed E-state index contributed by atoms with van der Waals surface area (Å²) >= 11 is 0. The van der Waals surface area contributed by atoms with Gasteiger partial charge in [-0.2, -0.15) is 0 Å². The summed E-state index contributed by atoms with van der Waals surface area (Å²) in [6, 6.07) is 12.3. The third-order valence-corrected chi connectivity index (χ3v) is 3.71. The molecule has 1 heterocycles. The number of nitrogens with zero attached hydrogens (tertiary/aromatic N) is 1. The summed E-state index contributed by atoms with van der Waals surface area (Å²) in [5, 5.41) is 3.11. The normalized spacial score (nSPS) is 17.9. The second-order valence-electron chi connectivity index (χ2n) is 5.26. The molecule has 2 amide bonds. The van der Waals surface area contributed by atoms with Crippen molar-refractivity contribution in [3.05, 3.63) is 59.9 Å². The summed E-state index contributed by atoms with van der Waals surface area (Å²) in [7, 11) is 0. The lowest BCUT2D eigenvalue weighted by Gasteiger charge is -2.17. The van der Waals surface area contributed by atoms with Gasteiger partial charge in [-0.1, -0.05) is 18.2 Å². The Morgan fingerprint density at radius 3 is 2.45 bits per heavy atom. The van der Waals surface area contributed by atoms with E-state index in [2.05, 4.69) is 5.32 Å². The second kappa shape index (κ2) is 5.60. The van der Waals surface area contributed by atoms with Crippen LogP contribution in [-0.2, 0) is 9.59 Å². The molecule has 0 radical (unpaired) electrons. The molecule has 4 nitrogen and oxygen atoms in total. The first kappa shape index (κ1) is 14.3. The lowest BCUT2D eigenvalue weighted by molar-refractivity contribution is -0.121. The number of carbonyl (C=O) groups excluding carboxylic acids is 2. The Bertz CT molecular complexity index is 728. The average Bonchev–Trinajstić information content (AvgIpc) is 2.77. The maximum absolute atomic E-state index is 13.0. The summed E-state index contributed by atoms with van der Waals surface area (Å²) in [5.74, 6) is -1.01. The van der Waals surface area contributed by atoms with Gasteiger partial charge in [-0.05, 0) is 42.8 Å². The summed E-state index contributed by atoms with van der Waals surface area (Å²) in [6.45, 7) is 1.93. The average molecular weight is 298 g/mol. The molecule has 3 rings (SSSR count). The molecule has 1 N–H and O–H groups in total. The van der Waals surface area contributed by atoms with Crippen molar-refractivity contribution in [2.45, 2.75) is 19.4 Å². The van der Waals surface area contributed by atoms with Gasteiger partial charge in [0, 0.05) is 5.69 Å². The Balaban J connectivity index is 1.82. The zero-order valence-electron chi connectivity index (χ0n) is 12.0. The SMILES string of the molecule is Cc1ccccc1N[C@@H]1CC(=O)N(c2ccc(F)cc2)C1=O. The number of hydrogen-bond acceptors (Lipinski definition) is 3. The minimum absolute atomic E-state index is 0.0878. The van der Waals surface area contributed by atoms with Crippen LogP contribution >= 0.6 is 0 Å². The van der Waals surface area contributed by atoms with Gasteiger partial charge in [-0.25, -0.2) is 9.29 Å². The fraction of sp³-hybridized carbons (Fsp3) is 0.176. The van der Waals surface area contributed by atoms with E-state index in [-0.39, 0.29) is 18.2 Å². The van der Waals surface area contributed by atoms with Crippen LogP contribution in [0.3, 0.4) is 0 Å². The Morgan fingerprint density at radius 1 is 1.09 bits per heavy atom. The fourth-order valence-electron chi connectivity index (χ4n) is 2.53. The van der Waals surface area contributed by atoms with E-state index in [0.29, 0.717) is 5.69 Å². The van der Waals surface area contributed by atoms with E-state index < -0.39 is 11.9 Å². The number of rotatable bonds is 3. The molecular weight excluding hydrogens is 283 g/mol. The summed E-state index contributed by atoms with van der Waals surface area (Å²) in [4.78, 5) is 25.7. The third-order valence-electron chi connectivity index (χ3n) is 3.71. The molecule has 1 atom stereocenters. The van der Waals surface area contributed by atoms with Gasteiger partial charge in [0.1, 0.15) is 11.9 Å². The zero-order chi connectivity index (χ0) is 15.7. The molecular formula is C17H15FN2O2.